The molecule has 0 spiro atoms. The van der Waals surface area contributed by atoms with Crippen molar-refractivity contribution in [3.8, 4) is 5.75 Å². The van der Waals surface area contributed by atoms with Gasteiger partial charge in [0.05, 0.1) is 13.2 Å². The van der Waals surface area contributed by atoms with Gasteiger partial charge in [0.1, 0.15) is 5.75 Å². The second-order valence-electron chi connectivity index (χ2n) is 5.70. The third kappa shape index (κ3) is 3.50. The normalized spacial score (nSPS) is 25.0. The second kappa shape index (κ2) is 6.95. The molecule has 2 heteroatoms. The van der Waals surface area contributed by atoms with Crippen molar-refractivity contribution in [1.29, 1.82) is 0 Å². The van der Waals surface area contributed by atoms with Gasteiger partial charge in [-0.25, -0.2) is 0 Å². The molecule has 2 nitrogen and oxygen atoms in total. The molecule has 19 heavy (non-hydrogen) atoms. The van der Waals surface area contributed by atoms with Crippen LogP contribution in [0.2, 0.25) is 0 Å². The van der Waals surface area contributed by atoms with E-state index in [0.29, 0.717) is 18.3 Å². The quantitative estimate of drug-likeness (QED) is 0.874. The lowest BCUT2D eigenvalue weighted by Gasteiger charge is -2.34. The third-order valence-corrected chi connectivity index (χ3v) is 4.61. The molecule has 0 bridgehead atoms. The van der Waals surface area contributed by atoms with Crippen LogP contribution in [0, 0.1) is 11.8 Å². The Morgan fingerprint density at radius 1 is 1.26 bits per heavy atom. The zero-order valence-electron chi connectivity index (χ0n) is 12.1. The van der Waals surface area contributed by atoms with Gasteiger partial charge in [0.15, 0.2) is 0 Å². The average Bonchev–Trinajstić information content (AvgIpc) is 2.47. The molecule has 1 aromatic rings. The highest BCUT2D eigenvalue weighted by molar-refractivity contribution is 5.33. The fraction of sp³-hybridized carbons (Fsp3) is 0.647. The van der Waals surface area contributed by atoms with Crippen molar-refractivity contribution in [3.63, 3.8) is 0 Å². The van der Waals surface area contributed by atoms with E-state index in [4.69, 9.17) is 4.74 Å². The number of methoxy groups -OCH3 is 1. The van der Waals surface area contributed by atoms with Crippen molar-refractivity contribution in [2.75, 3.05) is 7.11 Å². The summed E-state index contributed by atoms with van der Waals surface area (Å²) in [5, 5.41) is 10.6. The maximum Gasteiger partial charge on any atom is 0.122 e. The third-order valence-electron chi connectivity index (χ3n) is 4.61. The van der Waals surface area contributed by atoms with Crippen LogP contribution in [0.4, 0.5) is 0 Å². The first-order valence-electron chi connectivity index (χ1n) is 7.56. The predicted molar refractivity (Wildman–Crippen MR) is 78.4 cm³/mol. The first-order chi connectivity index (χ1) is 9.26. The topological polar surface area (TPSA) is 29.5 Å². The van der Waals surface area contributed by atoms with E-state index < -0.39 is 0 Å². The molecule has 1 aliphatic rings. The van der Waals surface area contributed by atoms with E-state index in [9.17, 15) is 5.11 Å². The minimum Gasteiger partial charge on any atom is -0.496 e. The number of para-hydroxylation sites is 1. The van der Waals surface area contributed by atoms with Crippen LogP contribution >= 0.6 is 0 Å². The van der Waals surface area contributed by atoms with Crippen LogP contribution < -0.4 is 4.74 Å². The average molecular weight is 262 g/mol. The highest BCUT2D eigenvalue weighted by Gasteiger charge is 2.30. The van der Waals surface area contributed by atoms with Crippen LogP contribution in [0.25, 0.3) is 0 Å². The fourth-order valence-electron chi connectivity index (χ4n) is 3.50. The summed E-state index contributed by atoms with van der Waals surface area (Å²) in [7, 11) is 1.70. The number of benzene rings is 1. The van der Waals surface area contributed by atoms with Crippen molar-refractivity contribution in [2.45, 2.75) is 51.6 Å². The summed E-state index contributed by atoms with van der Waals surface area (Å²) in [5.74, 6) is 2.05. The highest BCUT2D eigenvalue weighted by atomic mass is 16.5. The van der Waals surface area contributed by atoms with E-state index in [2.05, 4.69) is 13.0 Å². The van der Waals surface area contributed by atoms with Crippen molar-refractivity contribution >= 4 is 0 Å². The Balaban J connectivity index is 2.05. The molecule has 3 atom stereocenters. The molecule has 0 saturated heterocycles. The molecule has 0 heterocycles. The molecule has 0 aromatic heterocycles. The Kier molecular flexibility index (Phi) is 5.26. The van der Waals surface area contributed by atoms with Crippen LogP contribution in [0.3, 0.4) is 0 Å². The largest absolute Gasteiger partial charge is 0.496 e. The van der Waals surface area contributed by atoms with Gasteiger partial charge >= 0.3 is 0 Å². The Hall–Kier alpha value is -1.02. The molecule has 1 fully saturated rings. The van der Waals surface area contributed by atoms with E-state index >= 15 is 0 Å². The zero-order valence-corrected chi connectivity index (χ0v) is 12.1. The maximum absolute atomic E-state index is 10.6. The van der Waals surface area contributed by atoms with Crippen molar-refractivity contribution in [2.24, 2.45) is 11.8 Å². The number of ether oxygens (including phenoxy) is 1. The van der Waals surface area contributed by atoms with Crippen molar-refractivity contribution in [1.82, 2.24) is 0 Å². The van der Waals surface area contributed by atoms with Gasteiger partial charge in [-0.2, -0.15) is 0 Å². The van der Waals surface area contributed by atoms with Gasteiger partial charge in [-0.3, -0.25) is 0 Å². The summed E-state index contributed by atoms with van der Waals surface area (Å²) in [5.41, 5.74) is 1.12. The van der Waals surface area contributed by atoms with Crippen LogP contribution in [-0.2, 0) is 6.42 Å². The fourth-order valence-corrected chi connectivity index (χ4v) is 3.50. The lowest BCUT2D eigenvalue weighted by molar-refractivity contribution is 0.0460. The van der Waals surface area contributed by atoms with Gasteiger partial charge in [-0.05, 0) is 29.9 Å². The van der Waals surface area contributed by atoms with E-state index in [-0.39, 0.29) is 6.10 Å². The van der Waals surface area contributed by atoms with Gasteiger partial charge in [-0.1, -0.05) is 50.8 Å². The lowest BCUT2D eigenvalue weighted by Crippen LogP contribution is -2.32. The molecular weight excluding hydrogens is 236 g/mol. The smallest absolute Gasteiger partial charge is 0.122 e. The van der Waals surface area contributed by atoms with Gasteiger partial charge in [0.25, 0.3) is 0 Å². The standard InChI is InChI=1S/C17H26O2/c1-3-13-8-4-6-10-15(13)16(18)12-14-9-5-7-11-17(14)19-2/h5,7,9,11,13,15-16,18H,3-4,6,8,10,12H2,1-2H3. The molecule has 0 aliphatic heterocycles. The molecule has 1 aromatic carbocycles. The summed E-state index contributed by atoms with van der Waals surface area (Å²) < 4.78 is 5.38. The van der Waals surface area contributed by atoms with E-state index in [1.165, 1.54) is 32.1 Å². The van der Waals surface area contributed by atoms with Gasteiger partial charge in [0, 0.05) is 6.42 Å². The number of aliphatic hydroxyl groups excluding tert-OH is 1. The Morgan fingerprint density at radius 3 is 2.74 bits per heavy atom. The van der Waals surface area contributed by atoms with Crippen LogP contribution in [0.5, 0.6) is 5.75 Å². The van der Waals surface area contributed by atoms with Crippen LogP contribution in [0.1, 0.15) is 44.6 Å². The monoisotopic (exact) mass is 262 g/mol. The number of hydrogen-bond acceptors (Lipinski definition) is 2. The van der Waals surface area contributed by atoms with E-state index in [1.807, 2.05) is 18.2 Å². The summed E-state index contributed by atoms with van der Waals surface area (Å²) in [6.07, 6.45) is 6.72. The molecule has 0 amide bonds. The van der Waals surface area contributed by atoms with Crippen molar-refractivity contribution in [3.05, 3.63) is 29.8 Å². The van der Waals surface area contributed by atoms with Gasteiger partial charge in [-0.15, -0.1) is 0 Å². The molecule has 0 radical (unpaired) electrons. The Labute approximate surface area is 116 Å². The predicted octanol–water partition coefficient (Wildman–Crippen LogP) is 3.82. The second-order valence-corrected chi connectivity index (χ2v) is 5.70. The summed E-state index contributed by atoms with van der Waals surface area (Å²) in [4.78, 5) is 0. The Bertz CT molecular complexity index is 389. The summed E-state index contributed by atoms with van der Waals surface area (Å²) in [6.45, 7) is 2.25. The number of aliphatic hydroxyl groups is 1. The first-order valence-corrected chi connectivity index (χ1v) is 7.56. The van der Waals surface area contributed by atoms with Crippen LogP contribution in [-0.4, -0.2) is 18.3 Å². The first kappa shape index (κ1) is 14.4. The molecule has 1 N–H and O–H groups in total. The van der Waals surface area contributed by atoms with Crippen molar-refractivity contribution < 1.29 is 9.84 Å². The SMILES string of the molecule is CCC1CCCCC1C(O)Cc1ccccc1OC. The zero-order chi connectivity index (χ0) is 13.7. The van der Waals surface area contributed by atoms with Gasteiger partial charge in [0.2, 0.25) is 0 Å². The summed E-state index contributed by atoms with van der Waals surface area (Å²) >= 11 is 0. The summed E-state index contributed by atoms with van der Waals surface area (Å²) in [6, 6.07) is 8.03. The number of rotatable bonds is 5. The molecule has 2 rings (SSSR count). The molecule has 1 aliphatic carbocycles. The number of hydrogen-bond donors (Lipinski definition) is 1. The minimum absolute atomic E-state index is 0.235. The van der Waals surface area contributed by atoms with Crippen LogP contribution in [0.15, 0.2) is 24.3 Å². The molecule has 1 saturated carbocycles. The van der Waals surface area contributed by atoms with Gasteiger partial charge < -0.3 is 9.84 Å². The van der Waals surface area contributed by atoms with E-state index in [0.717, 1.165) is 11.3 Å². The molecular formula is C17H26O2. The Morgan fingerprint density at radius 2 is 2.00 bits per heavy atom. The molecule has 106 valence electrons. The highest BCUT2D eigenvalue weighted by Crippen LogP contribution is 2.36. The van der Waals surface area contributed by atoms with E-state index in [1.54, 1.807) is 7.11 Å². The lowest BCUT2D eigenvalue weighted by atomic mass is 9.74. The maximum atomic E-state index is 10.6. The molecule has 3 unspecified atom stereocenters. The minimum atomic E-state index is -0.235.